The Labute approximate surface area is 185 Å². The number of nitrogens with two attached hydrogens (primary N) is 1. The first kappa shape index (κ1) is 19.8. The highest BCUT2D eigenvalue weighted by Crippen LogP contribution is 2.38. The van der Waals surface area contributed by atoms with Gasteiger partial charge >= 0.3 is 0 Å². The lowest BCUT2D eigenvalue weighted by Crippen LogP contribution is -2.23. The van der Waals surface area contributed by atoms with Crippen molar-refractivity contribution in [3.05, 3.63) is 77.6 Å². The number of rotatable bonds is 5. The lowest BCUT2D eigenvalue weighted by Gasteiger charge is -2.15. The van der Waals surface area contributed by atoms with Crippen LogP contribution in [0.15, 0.2) is 60.8 Å². The number of carbonyl (C=O) groups excluding carboxylic acids is 1. The molecule has 7 nitrogen and oxygen atoms in total. The Morgan fingerprint density at radius 2 is 1.78 bits per heavy atom. The Balaban J connectivity index is 1.57. The van der Waals surface area contributed by atoms with Gasteiger partial charge in [0, 0.05) is 29.3 Å². The number of anilines is 1. The number of pyridine rings is 2. The van der Waals surface area contributed by atoms with Crippen LogP contribution in [0.3, 0.4) is 0 Å². The van der Waals surface area contributed by atoms with Gasteiger partial charge in [0.05, 0.1) is 43.2 Å². The summed E-state index contributed by atoms with van der Waals surface area (Å²) in [5.74, 6) is 1.19. The highest BCUT2D eigenvalue weighted by molar-refractivity contribution is 6.11. The van der Waals surface area contributed by atoms with Gasteiger partial charge in [-0.2, -0.15) is 0 Å². The maximum absolute atomic E-state index is 13.2. The van der Waals surface area contributed by atoms with E-state index in [-0.39, 0.29) is 5.91 Å². The van der Waals surface area contributed by atoms with Crippen LogP contribution in [0, 0.1) is 0 Å². The van der Waals surface area contributed by atoms with E-state index in [0.29, 0.717) is 35.9 Å². The van der Waals surface area contributed by atoms with Crippen molar-refractivity contribution in [2.45, 2.75) is 13.1 Å². The van der Waals surface area contributed by atoms with E-state index in [9.17, 15) is 4.79 Å². The lowest BCUT2D eigenvalue weighted by atomic mass is 10.00. The van der Waals surface area contributed by atoms with E-state index in [0.717, 1.165) is 33.3 Å². The minimum Gasteiger partial charge on any atom is -0.497 e. The zero-order valence-corrected chi connectivity index (χ0v) is 17.8. The molecule has 2 aromatic carbocycles. The molecule has 160 valence electrons. The number of ether oxygens (including phenoxy) is 2. The second-order valence-electron chi connectivity index (χ2n) is 7.62. The van der Waals surface area contributed by atoms with E-state index in [1.165, 1.54) is 0 Å². The van der Waals surface area contributed by atoms with Crippen molar-refractivity contribution in [2.24, 2.45) is 0 Å². The first-order chi connectivity index (χ1) is 15.6. The maximum atomic E-state index is 13.2. The Hall–Kier alpha value is -4.13. The van der Waals surface area contributed by atoms with Crippen LogP contribution in [0.2, 0.25) is 0 Å². The van der Waals surface area contributed by atoms with E-state index >= 15 is 0 Å². The maximum Gasteiger partial charge on any atom is 0.258 e. The van der Waals surface area contributed by atoms with Gasteiger partial charge in [-0.3, -0.25) is 4.79 Å². The molecule has 0 atom stereocenters. The summed E-state index contributed by atoms with van der Waals surface area (Å²) in [6, 6.07) is 17.2. The molecular formula is C25H22N4O3. The molecule has 32 heavy (non-hydrogen) atoms. The molecule has 2 aromatic heterocycles. The molecule has 0 radical (unpaired) electrons. The summed E-state index contributed by atoms with van der Waals surface area (Å²) in [4.78, 5) is 24.2. The Morgan fingerprint density at radius 3 is 2.53 bits per heavy atom. The topological polar surface area (TPSA) is 90.6 Å². The SMILES string of the molecule is COc1ccc(CN2Cc3nc4c(-c5cccnc5OC)cccc4c(N)c3C2=O)cc1. The molecule has 0 saturated heterocycles. The number of fused-ring (bicyclic) bond motifs is 2. The number of nitrogens with zero attached hydrogens (tertiary/aromatic N) is 3. The third kappa shape index (κ3) is 3.19. The Bertz CT molecular complexity index is 1340. The van der Waals surface area contributed by atoms with E-state index < -0.39 is 0 Å². The second-order valence-corrected chi connectivity index (χ2v) is 7.62. The van der Waals surface area contributed by atoms with Gasteiger partial charge in [0.2, 0.25) is 5.88 Å². The van der Waals surface area contributed by atoms with Gasteiger partial charge in [0.1, 0.15) is 5.75 Å². The van der Waals surface area contributed by atoms with E-state index in [1.807, 2.05) is 54.6 Å². The van der Waals surface area contributed by atoms with Crippen molar-refractivity contribution in [3.8, 4) is 22.8 Å². The first-order valence-corrected chi connectivity index (χ1v) is 10.2. The number of benzene rings is 2. The molecule has 1 aliphatic rings. The fraction of sp³-hybridized carbons (Fsp3) is 0.160. The molecule has 0 fully saturated rings. The Kier molecular flexibility index (Phi) is 4.86. The van der Waals surface area contributed by atoms with Crippen LogP contribution in [0.25, 0.3) is 22.0 Å². The van der Waals surface area contributed by atoms with E-state index in [4.69, 9.17) is 20.2 Å². The highest BCUT2D eigenvalue weighted by Gasteiger charge is 2.32. The molecular weight excluding hydrogens is 404 g/mol. The van der Waals surface area contributed by atoms with Gasteiger partial charge in [0.25, 0.3) is 5.91 Å². The van der Waals surface area contributed by atoms with E-state index in [2.05, 4.69) is 4.98 Å². The number of aromatic nitrogens is 2. The van der Waals surface area contributed by atoms with Gasteiger partial charge in [-0.05, 0) is 29.8 Å². The van der Waals surface area contributed by atoms with Crippen LogP contribution in [0.4, 0.5) is 5.69 Å². The third-order valence-electron chi connectivity index (χ3n) is 5.76. The predicted molar refractivity (Wildman–Crippen MR) is 123 cm³/mol. The molecule has 0 spiro atoms. The second kappa shape index (κ2) is 7.85. The van der Waals surface area contributed by atoms with Crippen LogP contribution in [0.5, 0.6) is 11.6 Å². The average Bonchev–Trinajstić information content (AvgIpc) is 3.14. The molecule has 0 aliphatic carbocycles. The number of nitrogen functional groups attached to an aromatic ring is 1. The molecule has 1 amide bonds. The standard InChI is InChI=1S/C25H22N4O3/c1-31-16-10-8-15(9-11-16)13-29-14-20-21(25(29)30)22(26)19-6-3-5-17(23(19)28-20)18-7-4-12-27-24(18)32-2/h3-12H,13-14H2,1-2H3,(H2,26,28). The molecule has 3 heterocycles. The van der Waals surface area contributed by atoms with Gasteiger partial charge in [-0.15, -0.1) is 0 Å². The van der Waals surface area contributed by atoms with Crippen molar-refractivity contribution in [1.29, 1.82) is 0 Å². The van der Waals surface area contributed by atoms with Gasteiger partial charge in [-0.1, -0.05) is 30.3 Å². The summed E-state index contributed by atoms with van der Waals surface area (Å²) in [6.45, 7) is 0.872. The minimum absolute atomic E-state index is 0.105. The molecule has 2 N–H and O–H groups in total. The normalized spacial score (nSPS) is 12.8. The summed E-state index contributed by atoms with van der Waals surface area (Å²) in [6.07, 6.45) is 1.68. The van der Waals surface area contributed by atoms with Gasteiger partial charge in [0.15, 0.2) is 0 Å². The van der Waals surface area contributed by atoms with Gasteiger partial charge < -0.3 is 20.1 Å². The summed E-state index contributed by atoms with van der Waals surface area (Å²) >= 11 is 0. The number of amides is 1. The van der Waals surface area contributed by atoms with E-state index in [1.54, 1.807) is 25.3 Å². The van der Waals surface area contributed by atoms with Gasteiger partial charge in [-0.25, -0.2) is 9.97 Å². The first-order valence-electron chi connectivity index (χ1n) is 10.2. The van der Waals surface area contributed by atoms with Crippen LogP contribution in [-0.2, 0) is 13.1 Å². The Morgan fingerprint density at radius 1 is 1.00 bits per heavy atom. The van der Waals surface area contributed by atoms with Crippen molar-refractivity contribution < 1.29 is 14.3 Å². The summed E-state index contributed by atoms with van der Waals surface area (Å²) in [7, 11) is 3.22. The third-order valence-corrected chi connectivity index (χ3v) is 5.76. The summed E-state index contributed by atoms with van der Waals surface area (Å²) < 4.78 is 10.7. The van der Waals surface area contributed by atoms with Crippen LogP contribution in [0.1, 0.15) is 21.6 Å². The quantitative estimate of drug-likeness (QED) is 0.518. The molecule has 0 saturated carbocycles. The van der Waals surface area contributed by atoms with Crippen molar-refractivity contribution >= 4 is 22.5 Å². The van der Waals surface area contributed by atoms with Crippen LogP contribution in [-0.4, -0.2) is 35.0 Å². The zero-order chi connectivity index (χ0) is 22.2. The predicted octanol–water partition coefficient (Wildman–Crippen LogP) is 4.05. The number of hydrogen-bond donors (Lipinski definition) is 1. The molecule has 5 rings (SSSR count). The number of hydrogen-bond acceptors (Lipinski definition) is 6. The number of carbonyl (C=O) groups is 1. The van der Waals surface area contributed by atoms with Crippen LogP contribution >= 0.6 is 0 Å². The summed E-state index contributed by atoms with van der Waals surface area (Å²) in [5.41, 5.74) is 11.6. The molecule has 1 aliphatic heterocycles. The minimum atomic E-state index is -0.105. The van der Waals surface area contributed by atoms with Crippen molar-refractivity contribution in [1.82, 2.24) is 14.9 Å². The zero-order valence-electron chi connectivity index (χ0n) is 17.8. The highest BCUT2D eigenvalue weighted by atomic mass is 16.5. The molecule has 4 aromatic rings. The van der Waals surface area contributed by atoms with Crippen molar-refractivity contribution in [2.75, 3.05) is 20.0 Å². The number of methoxy groups -OCH3 is 2. The fourth-order valence-corrected chi connectivity index (χ4v) is 4.18. The largest absolute Gasteiger partial charge is 0.497 e. The smallest absolute Gasteiger partial charge is 0.258 e. The lowest BCUT2D eigenvalue weighted by molar-refractivity contribution is 0.0767. The van der Waals surface area contributed by atoms with Crippen molar-refractivity contribution in [3.63, 3.8) is 0 Å². The number of para-hydroxylation sites is 1. The molecule has 7 heteroatoms. The summed E-state index contributed by atoms with van der Waals surface area (Å²) in [5, 5.41) is 0.742. The molecule has 0 unspecified atom stereocenters. The monoisotopic (exact) mass is 426 g/mol. The fourth-order valence-electron chi connectivity index (χ4n) is 4.18. The average molecular weight is 426 g/mol. The molecule has 0 bridgehead atoms. The van der Waals surface area contributed by atoms with Crippen LogP contribution < -0.4 is 15.2 Å².